The third-order valence-corrected chi connectivity index (χ3v) is 2.50. The van der Waals surface area contributed by atoms with Crippen LogP contribution < -0.4 is 5.32 Å². The van der Waals surface area contributed by atoms with Gasteiger partial charge in [-0.2, -0.15) is 0 Å². The summed E-state index contributed by atoms with van der Waals surface area (Å²) in [6.45, 7) is 3.61. The molecule has 0 radical (unpaired) electrons. The zero-order valence-corrected chi connectivity index (χ0v) is 8.21. The van der Waals surface area contributed by atoms with Gasteiger partial charge < -0.3 is 14.8 Å². The second kappa shape index (κ2) is 5.07. The normalized spacial score (nSPS) is 20.8. The Morgan fingerprint density at radius 3 is 2.69 bits per heavy atom. The first-order valence-corrected chi connectivity index (χ1v) is 4.66. The molecule has 1 rings (SSSR count). The minimum atomic E-state index is -0.348. The molecule has 1 fully saturated rings. The summed E-state index contributed by atoms with van der Waals surface area (Å²) in [7, 11) is 1.38. The lowest BCUT2D eigenvalue weighted by atomic mass is 9.93. The summed E-state index contributed by atoms with van der Waals surface area (Å²) in [5.74, 6) is 0.521. The molecule has 1 aliphatic rings. The van der Waals surface area contributed by atoms with Crippen LogP contribution in [-0.2, 0) is 9.47 Å². The molecule has 0 aliphatic carbocycles. The monoisotopic (exact) mass is 187 g/mol. The lowest BCUT2D eigenvalue weighted by Crippen LogP contribution is -2.40. The van der Waals surface area contributed by atoms with Gasteiger partial charge in [0.15, 0.2) is 0 Å². The van der Waals surface area contributed by atoms with Crippen molar-refractivity contribution in [1.82, 2.24) is 5.32 Å². The lowest BCUT2D eigenvalue weighted by Gasteiger charge is -2.27. The van der Waals surface area contributed by atoms with Crippen molar-refractivity contribution in [3.63, 3.8) is 0 Å². The van der Waals surface area contributed by atoms with Crippen LogP contribution in [-0.4, -0.2) is 32.5 Å². The molecular weight excluding hydrogens is 170 g/mol. The summed E-state index contributed by atoms with van der Waals surface area (Å²) in [5.41, 5.74) is 0. The highest BCUT2D eigenvalue weighted by Crippen LogP contribution is 2.18. The molecule has 0 aromatic rings. The molecular formula is C9H17NO3. The van der Waals surface area contributed by atoms with Gasteiger partial charge >= 0.3 is 6.09 Å². The van der Waals surface area contributed by atoms with Crippen molar-refractivity contribution in [2.24, 2.45) is 5.92 Å². The minimum Gasteiger partial charge on any atom is -0.453 e. The summed E-state index contributed by atoms with van der Waals surface area (Å²) in [6.07, 6.45) is 1.69. The molecule has 1 aliphatic heterocycles. The molecule has 1 atom stereocenters. The summed E-state index contributed by atoms with van der Waals surface area (Å²) in [5, 5.41) is 2.78. The fraction of sp³-hybridized carbons (Fsp3) is 0.889. The van der Waals surface area contributed by atoms with Gasteiger partial charge in [0.2, 0.25) is 0 Å². The molecule has 4 nitrogen and oxygen atoms in total. The van der Waals surface area contributed by atoms with E-state index in [9.17, 15) is 4.79 Å². The van der Waals surface area contributed by atoms with Gasteiger partial charge in [-0.3, -0.25) is 0 Å². The van der Waals surface area contributed by atoms with E-state index in [4.69, 9.17) is 4.74 Å². The van der Waals surface area contributed by atoms with Crippen LogP contribution in [0.5, 0.6) is 0 Å². The van der Waals surface area contributed by atoms with Gasteiger partial charge in [0.05, 0.1) is 7.11 Å². The van der Waals surface area contributed by atoms with E-state index in [1.165, 1.54) is 7.11 Å². The molecule has 0 aromatic heterocycles. The zero-order valence-electron chi connectivity index (χ0n) is 8.21. The van der Waals surface area contributed by atoms with Crippen LogP contribution in [0.15, 0.2) is 0 Å². The molecule has 0 bridgehead atoms. The van der Waals surface area contributed by atoms with E-state index in [0.717, 1.165) is 26.1 Å². The standard InChI is InChI=1S/C9H17NO3/c1-7(10-9(11)12-2)8-3-5-13-6-4-8/h7-8H,3-6H2,1-2H3,(H,10,11). The Labute approximate surface area is 78.6 Å². The zero-order chi connectivity index (χ0) is 9.68. The van der Waals surface area contributed by atoms with Crippen LogP contribution in [0, 0.1) is 5.92 Å². The maximum absolute atomic E-state index is 10.9. The highest BCUT2D eigenvalue weighted by Gasteiger charge is 2.21. The van der Waals surface area contributed by atoms with Gasteiger partial charge in [-0.05, 0) is 25.7 Å². The van der Waals surface area contributed by atoms with E-state index < -0.39 is 0 Å². The number of amides is 1. The number of methoxy groups -OCH3 is 1. The number of ether oxygens (including phenoxy) is 2. The van der Waals surface area contributed by atoms with E-state index in [-0.39, 0.29) is 12.1 Å². The minimum absolute atomic E-state index is 0.177. The van der Waals surface area contributed by atoms with Crippen molar-refractivity contribution in [2.45, 2.75) is 25.8 Å². The molecule has 13 heavy (non-hydrogen) atoms. The molecule has 4 heteroatoms. The van der Waals surface area contributed by atoms with E-state index in [0.29, 0.717) is 5.92 Å². The van der Waals surface area contributed by atoms with Crippen LogP contribution in [0.1, 0.15) is 19.8 Å². The van der Waals surface area contributed by atoms with Gasteiger partial charge in [0, 0.05) is 19.3 Å². The lowest BCUT2D eigenvalue weighted by molar-refractivity contribution is 0.0552. The smallest absolute Gasteiger partial charge is 0.407 e. The van der Waals surface area contributed by atoms with Crippen LogP contribution in [0.4, 0.5) is 4.79 Å². The largest absolute Gasteiger partial charge is 0.453 e. The summed E-state index contributed by atoms with van der Waals surface area (Å²) in [6, 6.07) is 0.177. The molecule has 1 heterocycles. The number of carbonyl (C=O) groups excluding carboxylic acids is 1. The van der Waals surface area contributed by atoms with Crippen LogP contribution in [0.3, 0.4) is 0 Å². The highest BCUT2D eigenvalue weighted by atomic mass is 16.5. The topological polar surface area (TPSA) is 47.6 Å². The highest BCUT2D eigenvalue weighted by molar-refractivity contribution is 5.67. The Hall–Kier alpha value is -0.770. The van der Waals surface area contributed by atoms with Crippen molar-refractivity contribution in [2.75, 3.05) is 20.3 Å². The first-order valence-electron chi connectivity index (χ1n) is 4.66. The van der Waals surface area contributed by atoms with E-state index in [1.54, 1.807) is 0 Å². The third kappa shape index (κ3) is 3.22. The Kier molecular flexibility index (Phi) is 4.02. The van der Waals surface area contributed by atoms with E-state index >= 15 is 0 Å². The fourth-order valence-corrected chi connectivity index (χ4v) is 1.58. The molecule has 0 saturated carbocycles. The van der Waals surface area contributed by atoms with Gasteiger partial charge in [-0.15, -0.1) is 0 Å². The van der Waals surface area contributed by atoms with E-state index in [2.05, 4.69) is 10.1 Å². The summed E-state index contributed by atoms with van der Waals surface area (Å²) >= 11 is 0. The van der Waals surface area contributed by atoms with Gasteiger partial charge in [-0.1, -0.05) is 0 Å². The van der Waals surface area contributed by atoms with Crippen molar-refractivity contribution in [3.8, 4) is 0 Å². The van der Waals surface area contributed by atoms with Crippen molar-refractivity contribution >= 4 is 6.09 Å². The molecule has 1 amide bonds. The predicted molar refractivity (Wildman–Crippen MR) is 48.5 cm³/mol. The summed E-state index contributed by atoms with van der Waals surface area (Å²) < 4.78 is 9.77. The first kappa shape index (κ1) is 10.3. The average Bonchev–Trinajstić information content (AvgIpc) is 2.19. The number of hydrogen-bond donors (Lipinski definition) is 1. The van der Waals surface area contributed by atoms with Crippen LogP contribution in [0.2, 0.25) is 0 Å². The predicted octanol–water partition coefficient (Wildman–Crippen LogP) is 1.16. The molecule has 0 spiro atoms. The van der Waals surface area contributed by atoms with Crippen LogP contribution in [0.25, 0.3) is 0 Å². The van der Waals surface area contributed by atoms with Crippen molar-refractivity contribution in [3.05, 3.63) is 0 Å². The van der Waals surface area contributed by atoms with Crippen molar-refractivity contribution < 1.29 is 14.3 Å². The second-order valence-corrected chi connectivity index (χ2v) is 3.37. The number of rotatable bonds is 2. The average molecular weight is 187 g/mol. The summed E-state index contributed by atoms with van der Waals surface area (Å²) in [4.78, 5) is 10.9. The third-order valence-electron chi connectivity index (χ3n) is 2.50. The Balaban J connectivity index is 2.28. The number of nitrogens with one attached hydrogen (secondary N) is 1. The maximum atomic E-state index is 10.9. The van der Waals surface area contributed by atoms with Gasteiger partial charge in [-0.25, -0.2) is 4.79 Å². The number of carbonyl (C=O) groups is 1. The second-order valence-electron chi connectivity index (χ2n) is 3.37. The fourth-order valence-electron chi connectivity index (χ4n) is 1.58. The maximum Gasteiger partial charge on any atom is 0.407 e. The van der Waals surface area contributed by atoms with Gasteiger partial charge in [0.1, 0.15) is 0 Å². The molecule has 1 saturated heterocycles. The molecule has 1 unspecified atom stereocenters. The number of hydrogen-bond acceptors (Lipinski definition) is 3. The number of alkyl carbamates (subject to hydrolysis) is 1. The molecule has 76 valence electrons. The first-order chi connectivity index (χ1) is 6.24. The van der Waals surface area contributed by atoms with E-state index in [1.807, 2.05) is 6.92 Å². The quantitative estimate of drug-likeness (QED) is 0.705. The SMILES string of the molecule is COC(=O)NC(C)C1CCOCC1. The van der Waals surface area contributed by atoms with Gasteiger partial charge in [0.25, 0.3) is 0 Å². The molecule has 1 N–H and O–H groups in total. The Morgan fingerprint density at radius 1 is 1.54 bits per heavy atom. The Morgan fingerprint density at radius 2 is 2.15 bits per heavy atom. The molecule has 0 aromatic carbocycles. The Bertz CT molecular complexity index is 166. The van der Waals surface area contributed by atoms with Crippen LogP contribution >= 0.6 is 0 Å². The van der Waals surface area contributed by atoms with Crippen molar-refractivity contribution in [1.29, 1.82) is 0 Å².